The average Bonchev–Trinajstić information content (AvgIpc) is 2.58. The lowest BCUT2D eigenvalue weighted by Crippen LogP contribution is -2.26. The van der Waals surface area contributed by atoms with Crippen molar-refractivity contribution >= 4 is 29.2 Å². The number of anilines is 1. The quantitative estimate of drug-likeness (QED) is 0.837. The summed E-state index contributed by atoms with van der Waals surface area (Å²) in [6.45, 7) is 3.68. The number of nitrogens with zero attached hydrogens (tertiary/aromatic N) is 1. The van der Waals surface area contributed by atoms with E-state index >= 15 is 0 Å². The molecule has 0 aliphatic carbocycles. The van der Waals surface area contributed by atoms with Crippen molar-refractivity contribution in [3.63, 3.8) is 0 Å². The number of amides is 1. The summed E-state index contributed by atoms with van der Waals surface area (Å²) >= 11 is 6.27. The number of halogens is 1. The Kier molecular flexibility index (Phi) is 6.04. The highest BCUT2D eigenvalue weighted by Crippen LogP contribution is 2.26. The van der Waals surface area contributed by atoms with Gasteiger partial charge in [-0.25, -0.2) is 4.79 Å². The smallest absolute Gasteiger partial charge is 0.341 e. The van der Waals surface area contributed by atoms with Gasteiger partial charge in [0.15, 0.2) is 6.61 Å². The monoisotopic (exact) mass is 361 g/mol. The number of carbonyl (C=O) groups excluding carboxylic acids is 1. The normalized spacial score (nSPS) is 10.6. The second-order valence-corrected chi connectivity index (χ2v) is 6.34. The van der Waals surface area contributed by atoms with E-state index in [1.165, 1.54) is 4.90 Å². The number of ether oxygens (including phenoxy) is 1. The molecule has 0 aromatic heterocycles. The molecule has 25 heavy (non-hydrogen) atoms. The molecule has 0 bridgehead atoms. The Balaban J connectivity index is 2.14. The fraction of sp³-hybridized carbons (Fsp3) is 0.263. The van der Waals surface area contributed by atoms with Gasteiger partial charge in [0.2, 0.25) is 0 Å². The van der Waals surface area contributed by atoms with E-state index < -0.39 is 12.6 Å². The van der Waals surface area contributed by atoms with Gasteiger partial charge in [0, 0.05) is 23.3 Å². The predicted molar refractivity (Wildman–Crippen MR) is 97.8 cm³/mol. The summed E-state index contributed by atoms with van der Waals surface area (Å²) in [6.07, 6.45) is 0. The van der Waals surface area contributed by atoms with Crippen molar-refractivity contribution in [3.8, 4) is 5.75 Å². The van der Waals surface area contributed by atoms with Crippen LogP contribution in [0, 0.1) is 0 Å². The van der Waals surface area contributed by atoms with Crippen molar-refractivity contribution in [2.45, 2.75) is 19.8 Å². The van der Waals surface area contributed by atoms with Crippen LogP contribution in [0.5, 0.6) is 5.75 Å². The predicted octanol–water partition coefficient (Wildman–Crippen LogP) is 4.20. The van der Waals surface area contributed by atoms with Gasteiger partial charge in [-0.15, -0.1) is 0 Å². The molecule has 0 heterocycles. The Labute approximate surface area is 151 Å². The maximum Gasteiger partial charge on any atom is 0.341 e. The number of aliphatic carboxylic acids is 1. The molecule has 2 rings (SSSR count). The van der Waals surface area contributed by atoms with E-state index in [0.29, 0.717) is 22.0 Å². The van der Waals surface area contributed by atoms with Gasteiger partial charge >= 0.3 is 5.97 Å². The molecule has 2 aromatic rings. The summed E-state index contributed by atoms with van der Waals surface area (Å²) in [5, 5.41) is 9.18. The lowest BCUT2D eigenvalue weighted by atomic mass is 10.0. The zero-order valence-corrected chi connectivity index (χ0v) is 15.1. The molecular formula is C19H20ClNO4. The van der Waals surface area contributed by atoms with Crippen molar-refractivity contribution in [1.29, 1.82) is 0 Å². The zero-order valence-electron chi connectivity index (χ0n) is 14.3. The number of benzene rings is 2. The molecule has 0 atom stereocenters. The third-order valence-electron chi connectivity index (χ3n) is 3.76. The van der Waals surface area contributed by atoms with Crippen LogP contribution >= 0.6 is 11.6 Å². The number of hydrogen-bond acceptors (Lipinski definition) is 3. The van der Waals surface area contributed by atoms with Crippen molar-refractivity contribution in [2.24, 2.45) is 0 Å². The Morgan fingerprint density at radius 1 is 1.16 bits per heavy atom. The molecule has 132 valence electrons. The first kappa shape index (κ1) is 18.8. The van der Waals surface area contributed by atoms with Crippen molar-refractivity contribution in [2.75, 3.05) is 18.6 Å². The van der Waals surface area contributed by atoms with Crippen LogP contribution in [-0.2, 0) is 4.79 Å². The van der Waals surface area contributed by atoms with Gasteiger partial charge in [-0.3, -0.25) is 4.79 Å². The summed E-state index contributed by atoms with van der Waals surface area (Å²) in [5.41, 5.74) is 2.17. The van der Waals surface area contributed by atoms with Gasteiger partial charge in [0.1, 0.15) is 5.75 Å². The van der Waals surface area contributed by atoms with Gasteiger partial charge in [-0.2, -0.15) is 0 Å². The van der Waals surface area contributed by atoms with Gasteiger partial charge in [0.25, 0.3) is 5.91 Å². The Morgan fingerprint density at radius 2 is 1.80 bits per heavy atom. The number of carboxylic acid groups (broad SMARTS) is 1. The second kappa shape index (κ2) is 8.03. The minimum atomic E-state index is -1.04. The van der Waals surface area contributed by atoms with Crippen LogP contribution in [0.3, 0.4) is 0 Å². The molecule has 6 heteroatoms. The van der Waals surface area contributed by atoms with Crippen LogP contribution in [0.25, 0.3) is 0 Å². The van der Waals surface area contributed by atoms with Crippen LogP contribution in [0.2, 0.25) is 5.02 Å². The minimum absolute atomic E-state index is 0.184. The van der Waals surface area contributed by atoms with Gasteiger partial charge in [-0.1, -0.05) is 31.5 Å². The third-order valence-corrected chi connectivity index (χ3v) is 4.09. The summed E-state index contributed by atoms with van der Waals surface area (Å²) in [7, 11) is 1.67. The van der Waals surface area contributed by atoms with E-state index in [1.54, 1.807) is 43.4 Å². The van der Waals surface area contributed by atoms with E-state index in [9.17, 15) is 9.59 Å². The van der Waals surface area contributed by atoms with Crippen LogP contribution in [0.15, 0.2) is 42.5 Å². The molecule has 0 saturated carbocycles. The van der Waals surface area contributed by atoms with E-state index in [4.69, 9.17) is 21.4 Å². The van der Waals surface area contributed by atoms with E-state index in [1.807, 2.05) is 19.9 Å². The van der Waals surface area contributed by atoms with Crippen molar-refractivity contribution < 1.29 is 19.4 Å². The highest BCUT2D eigenvalue weighted by molar-refractivity contribution is 6.32. The molecule has 0 radical (unpaired) electrons. The van der Waals surface area contributed by atoms with Gasteiger partial charge < -0.3 is 14.7 Å². The van der Waals surface area contributed by atoms with Crippen LogP contribution < -0.4 is 9.64 Å². The summed E-state index contributed by atoms with van der Waals surface area (Å²) in [5.74, 6) is -0.515. The number of carbonyl (C=O) groups is 2. The number of carboxylic acids is 1. The van der Waals surface area contributed by atoms with Crippen LogP contribution in [-0.4, -0.2) is 30.6 Å². The van der Waals surface area contributed by atoms with E-state index in [0.717, 1.165) is 5.56 Å². The lowest BCUT2D eigenvalue weighted by molar-refractivity contribution is -0.139. The molecule has 2 aromatic carbocycles. The fourth-order valence-electron chi connectivity index (χ4n) is 2.35. The number of rotatable bonds is 6. The average molecular weight is 362 g/mol. The topological polar surface area (TPSA) is 66.8 Å². The molecule has 0 aliphatic rings. The standard InChI is InChI=1S/C19H20ClNO4/c1-12(2)16-9-4-13(10-17(16)20)19(24)21(3)14-5-7-15(8-6-14)25-11-18(22)23/h4-10,12H,11H2,1-3H3,(H,22,23). The highest BCUT2D eigenvalue weighted by Gasteiger charge is 2.16. The molecule has 0 saturated heterocycles. The maximum absolute atomic E-state index is 12.6. The molecular weight excluding hydrogens is 342 g/mol. The first-order valence-electron chi connectivity index (χ1n) is 7.81. The largest absolute Gasteiger partial charge is 0.482 e. The SMILES string of the molecule is CC(C)c1ccc(C(=O)N(C)c2ccc(OCC(=O)O)cc2)cc1Cl. The Hall–Kier alpha value is -2.53. The fourth-order valence-corrected chi connectivity index (χ4v) is 2.75. The molecule has 1 N–H and O–H groups in total. The third kappa shape index (κ3) is 4.73. The molecule has 1 amide bonds. The van der Waals surface area contributed by atoms with Gasteiger partial charge in [0.05, 0.1) is 0 Å². The molecule has 0 aliphatic heterocycles. The van der Waals surface area contributed by atoms with Crippen LogP contribution in [0.1, 0.15) is 35.7 Å². The lowest BCUT2D eigenvalue weighted by Gasteiger charge is -2.19. The maximum atomic E-state index is 12.6. The molecule has 0 unspecified atom stereocenters. The molecule has 5 nitrogen and oxygen atoms in total. The molecule has 0 fully saturated rings. The second-order valence-electron chi connectivity index (χ2n) is 5.93. The Morgan fingerprint density at radius 3 is 2.32 bits per heavy atom. The first-order valence-corrected chi connectivity index (χ1v) is 8.19. The van der Waals surface area contributed by atoms with Crippen molar-refractivity contribution in [1.82, 2.24) is 0 Å². The van der Waals surface area contributed by atoms with E-state index in [-0.39, 0.29) is 11.8 Å². The van der Waals surface area contributed by atoms with Crippen LogP contribution in [0.4, 0.5) is 5.69 Å². The Bertz CT molecular complexity index is 771. The number of hydrogen-bond donors (Lipinski definition) is 1. The summed E-state index contributed by atoms with van der Waals surface area (Å²) in [4.78, 5) is 24.6. The van der Waals surface area contributed by atoms with Crippen molar-refractivity contribution in [3.05, 3.63) is 58.6 Å². The minimum Gasteiger partial charge on any atom is -0.482 e. The van der Waals surface area contributed by atoms with Gasteiger partial charge in [-0.05, 0) is 47.9 Å². The first-order chi connectivity index (χ1) is 11.8. The summed E-state index contributed by atoms with van der Waals surface area (Å²) < 4.78 is 5.08. The molecule has 0 spiro atoms. The van der Waals surface area contributed by atoms with E-state index in [2.05, 4.69) is 0 Å². The highest BCUT2D eigenvalue weighted by atomic mass is 35.5. The summed E-state index contributed by atoms with van der Waals surface area (Å²) in [6, 6.07) is 12.0. The zero-order chi connectivity index (χ0) is 18.6.